The summed E-state index contributed by atoms with van der Waals surface area (Å²) in [5, 5.41) is 13.9. The second-order valence-electron chi connectivity index (χ2n) is 3.15. The fourth-order valence-electron chi connectivity index (χ4n) is 1.07. The third kappa shape index (κ3) is 2.71. The Balaban J connectivity index is 3.15. The maximum absolute atomic E-state index is 12.7. The monoisotopic (exact) mass is 277 g/mol. The van der Waals surface area contributed by atoms with Gasteiger partial charge in [-0.05, 0) is 0 Å². The Morgan fingerprint density at radius 1 is 1.33 bits per heavy atom. The Hall–Kier alpha value is -1.81. The Morgan fingerprint density at radius 3 is 2.28 bits per heavy atom. The number of hydrogen-bond acceptors (Lipinski definition) is 3. The van der Waals surface area contributed by atoms with Gasteiger partial charge < -0.3 is 5.11 Å². The SMILES string of the molecule is O=C(O)c1nnn(CC(F)(F)C(F)F)c1C(F)F. The molecule has 0 unspecified atom stereocenters. The van der Waals surface area contributed by atoms with Gasteiger partial charge in [-0.15, -0.1) is 5.10 Å². The van der Waals surface area contributed by atoms with Gasteiger partial charge in [0.05, 0.1) is 0 Å². The lowest BCUT2D eigenvalue weighted by Gasteiger charge is -2.15. The van der Waals surface area contributed by atoms with Crippen LogP contribution in [0.25, 0.3) is 0 Å². The molecule has 0 saturated heterocycles. The largest absolute Gasteiger partial charge is 0.476 e. The van der Waals surface area contributed by atoms with Crippen molar-refractivity contribution >= 4 is 5.97 Å². The van der Waals surface area contributed by atoms with E-state index in [0.29, 0.717) is 0 Å². The van der Waals surface area contributed by atoms with Crippen LogP contribution < -0.4 is 0 Å². The van der Waals surface area contributed by atoms with Crippen molar-refractivity contribution in [2.45, 2.75) is 25.3 Å². The molecule has 0 aliphatic rings. The highest BCUT2D eigenvalue weighted by molar-refractivity contribution is 5.86. The molecule has 1 rings (SSSR count). The van der Waals surface area contributed by atoms with E-state index in [4.69, 9.17) is 5.11 Å². The van der Waals surface area contributed by atoms with Crippen molar-refractivity contribution in [3.8, 4) is 0 Å². The molecule has 0 radical (unpaired) electrons. The highest BCUT2D eigenvalue weighted by Crippen LogP contribution is 2.28. The number of carboxylic acid groups (broad SMARTS) is 1. The molecule has 0 atom stereocenters. The van der Waals surface area contributed by atoms with E-state index >= 15 is 0 Å². The standard InChI is InChI=1S/C7H5F6N3O2/c8-4(9)3-2(5(17)18)14-15-16(3)1-7(12,13)6(10)11/h4,6H,1H2,(H,17,18). The van der Waals surface area contributed by atoms with Crippen molar-refractivity contribution in [2.75, 3.05) is 0 Å². The zero-order valence-corrected chi connectivity index (χ0v) is 8.33. The Kier molecular flexibility index (Phi) is 3.82. The number of aromatic carboxylic acids is 1. The van der Waals surface area contributed by atoms with Crippen LogP contribution in [-0.4, -0.2) is 38.4 Å². The zero-order valence-electron chi connectivity index (χ0n) is 8.33. The van der Waals surface area contributed by atoms with E-state index in [-0.39, 0.29) is 4.68 Å². The summed E-state index contributed by atoms with van der Waals surface area (Å²) in [4.78, 5) is 10.5. The second kappa shape index (κ2) is 4.82. The molecular weight excluding hydrogens is 272 g/mol. The summed E-state index contributed by atoms with van der Waals surface area (Å²) in [6, 6.07) is 0. The molecule has 1 heterocycles. The molecule has 0 aliphatic carbocycles. The predicted octanol–water partition coefficient (Wildman–Crippen LogP) is 1.81. The maximum Gasteiger partial charge on any atom is 0.358 e. The molecule has 1 aromatic rings. The number of rotatable bonds is 5. The van der Waals surface area contributed by atoms with Gasteiger partial charge in [-0.3, -0.25) is 0 Å². The van der Waals surface area contributed by atoms with Crippen molar-refractivity contribution in [3.05, 3.63) is 11.4 Å². The van der Waals surface area contributed by atoms with E-state index in [0.717, 1.165) is 0 Å². The molecule has 1 N–H and O–H groups in total. The van der Waals surface area contributed by atoms with Gasteiger partial charge in [0.15, 0.2) is 5.69 Å². The molecule has 0 amide bonds. The fourth-order valence-corrected chi connectivity index (χ4v) is 1.07. The number of hydrogen-bond donors (Lipinski definition) is 1. The second-order valence-corrected chi connectivity index (χ2v) is 3.15. The molecule has 0 aromatic carbocycles. The average molecular weight is 277 g/mol. The van der Waals surface area contributed by atoms with Crippen LogP contribution in [0, 0.1) is 0 Å². The predicted molar refractivity (Wildman–Crippen MR) is 42.9 cm³/mol. The highest BCUT2D eigenvalue weighted by atomic mass is 19.3. The van der Waals surface area contributed by atoms with E-state index in [9.17, 15) is 31.1 Å². The summed E-state index contributed by atoms with van der Waals surface area (Å²) in [6.07, 6.45) is -7.58. The smallest absolute Gasteiger partial charge is 0.358 e. The molecule has 0 bridgehead atoms. The van der Waals surface area contributed by atoms with Gasteiger partial charge in [0, 0.05) is 0 Å². The number of nitrogens with zero attached hydrogens (tertiary/aromatic N) is 3. The van der Waals surface area contributed by atoms with E-state index in [2.05, 4.69) is 10.3 Å². The van der Waals surface area contributed by atoms with Crippen molar-refractivity contribution in [1.82, 2.24) is 15.0 Å². The Labute approximate surface area is 95.0 Å². The molecule has 1 aromatic heterocycles. The van der Waals surface area contributed by atoms with Gasteiger partial charge in [-0.1, -0.05) is 5.21 Å². The first-order valence-corrected chi connectivity index (χ1v) is 4.27. The molecule has 11 heteroatoms. The molecule has 0 spiro atoms. The number of aromatic nitrogens is 3. The number of carboxylic acids is 1. The Morgan fingerprint density at radius 2 is 1.89 bits per heavy atom. The highest BCUT2D eigenvalue weighted by Gasteiger charge is 2.43. The summed E-state index contributed by atoms with van der Waals surface area (Å²) >= 11 is 0. The molecule has 0 saturated carbocycles. The minimum atomic E-state index is -4.62. The van der Waals surface area contributed by atoms with Crippen LogP contribution in [0.3, 0.4) is 0 Å². The van der Waals surface area contributed by atoms with E-state index in [1.54, 1.807) is 0 Å². The zero-order chi connectivity index (χ0) is 14.1. The van der Waals surface area contributed by atoms with Gasteiger partial charge >= 0.3 is 18.3 Å². The number of halogens is 6. The summed E-state index contributed by atoms with van der Waals surface area (Å²) in [5.41, 5.74) is -2.70. The van der Waals surface area contributed by atoms with Crippen LogP contribution in [0.4, 0.5) is 26.3 Å². The molecule has 0 fully saturated rings. The van der Waals surface area contributed by atoms with Crippen LogP contribution in [0.5, 0.6) is 0 Å². The molecule has 18 heavy (non-hydrogen) atoms. The first kappa shape index (κ1) is 14.3. The van der Waals surface area contributed by atoms with Gasteiger partial charge in [0.25, 0.3) is 6.43 Å². The van der Waals surface area contributed by atoms with Gasteiger partial charge in [0.2, 0.25) is 0 Å². The van der Waals surface area contributed by atoms with Crippen molar-refractivity contribution in [2.24, 2.45) is 0 Å². The normalized spacial score (nSPS) is 12.4. The fraction of sp³-hybridized carbons (Fsp3) is 0.571. The summed E-state index contributed by atoms with van der Waals surface area (Å²) < 4.78 is 73.8. The van der Waals surface area contributed by atoms with Crippen LogP contribution in [0.2, 0.25) is 0 Å². The first-order chi connectivity index (χ1) is 8.16. The topological polar surface area (TPSA) is 68.0 Å². The summed E-state index contributed by atoms with van der Waals surface area (Å²) in [6.45, 7) is -1.88. The lowest BCUT2D eigenvalue weighted by molar-refractivity contribution is -0.140. The first-order valence-electron chi connectivity index (χ1n) is 4.27. The molecule has 5 nitrogen and oxygen atoms in total. The Bertz CT molecular complexity index is 446. The van der Waals surface area contributed by atoms with Crippen molar-refractivity contribution in [1.29, 1.82) is 0 Å². The molecule has 0 aliphatic heterocycles. The van der Waals surface area contributed by atoms with E-state index < -0.39 is 42.7 Å². The number of carbonyl (C=O) groups is 1. The lowest BCUT2D eigenvalue weighted by atomic mass is 10.3. The third-order valence-corrected chi connectivity index (χ3v) is 1.86. The van der Waals surface area contributed by atoms with E-state index in [1.807, 2.05) is 0 Å². The van der Waals surface area contributed by atoms with Crippen LogP contribution in [0.15, 0.2) is 0 Å². The van der Waals surface area contributed by atoms with E-state index in [1.165, 1.54) is 0 Å². The van der Waals surface area contributed by atoms with Crippen LogP contribution in [-0.2, 0) is 6.54 Å². The lowest BCUT2D eigenvalue weighted by Crippen LogP contribution is -2.33. The number of alkyl halides is 6. The minimum absolute atomic E-state index is 0.236. The maximum atomic E-state index is 12.7. The molecule has 102 valence electrons. The summed E-state index contributed by atoms with van der Waals surface area (Å²) in [7, 11) is 0. The van der Waals surface area contributed by atoms with Crippen LogP contribution >= 0.6 is 0 Å². The minimum Gasteiger partial charge on any atom is -0.476 e. The average Bonchev–Trinajstić information content (AvgIpc) is 2.60. The van der Waals surface area contributed by atoms with Crippen molar-refractivity contribution < 1.29 is 36.2 Å². The quantitative estimate of drug-likeness (QED) is 0.833. The molecular formula is C7H5F6N3O2. The summed E-state index contributed by atoms with van der Waals surface area (Å²) in [5.74, 6) is -6.54. The van der Waals surface area contributed by atoms with Crippen LogP contribution in [0.1, 0.15) is 22.6 Å². The van der Waals surface area contributed by atoms with Gasteiger partial charge in [0.1, 0.15) is 12.2 Å². The van der Waals surface area contributed by atoms with Gasteiger partial charge in [-0.25, -0.2) is 27.0 Å². The van der Waals surface area contributed by atoms with Crippen molar-refractivity contribution in [3.63, 3.8) is 0 Å². The van der Waals surface area contributed by atoms with Gasteiger partial charge in [-0.2, -0.15) is 8.78 Å². The third-order valence-electron chi connectivity index (χ3n) is 1.86.